The second-order valence-electron chi connectivity index (χ2n) is 7.71. The number of nitrogen functional groups attached to an aromatic ring is 2. The van der Waals surface area contributed by atoms with Crippen LogP contribution in [0.2, 0.25) is 0 Å². The lowest BCUT2D eigenvalue weighted by Crippen LogP contribution is -2.40. The molecule has 0 aromatic heterocycles. The van der Waals surface area contributed by atoms with E-state index in [1.807, 2.05) is 24.3 Å². The van der Waals surface area contributed by atoms with Crippen LogP contribution in [0.4, 0.5) is 11.4 Å². The summed E-state index contributed by atoms with van der Waals surface area (Å²) in [5, 5.41) is 0. The van der Waals surface area contributed by atoms with Crippen molar-refractivity contribution in [2.75, 3.05) is 11.5 Å². The van der Waals surface area contributed by atoms with E-state index in [1.54, 1.807) is 0 Å². The summed E-state index contributed by atoms with van der Waals surface area (Å²) in [4.78, 5) is 0. The highest BCUT2D eigenvalue weighted by Crippen LogP contribution is 2.53. The van der Waals surface area contributed by atoms with E-state index in [9.17, 15) is 0 Å². The number of rotatable bonds is 2. The summed E-state index contributed by atoms with van der Waals surface area (Å²) in [6.45, 7) is 7.20. The van der Waals surface area contributed by atoms with Crippen LogP contribution in [0, 0.1) is 11.8 Å². The first-order chi connectivity index (χ1) is 10.9. The van der Waals surface area contributed by atoms with Crippen LogP contribution in [0.3, 0.4) is 0 Å². The minimum Gasteiger partial charge on any atom is -0.399 e. The van der Waals surface area contributed by atoms with Crippen LogP contribution < -0.4 is 11.5 Å². The van der Waals surface area contributed by atoms with Crippen LogP contribution in [-0.2, 0) is 5.41 Å². The van der Waals surface area contributed by atoms with Crippen molar-refractivity contribution in [3.63, 3.8) is 0 Å². The molecule has 2 heteroatoms. The van der Waals surface area contributed by atoms with Gasteiger partial charge in [0.05, 0.1) is 0 Å². The Bertz CT molecular complexity index is 659. The Balaban J connectivity index is 2.08. The molecule has 4 unspecified atom stereocenters. The van der Waals surface area contributed by atoms with Gasteiger partial charge in [-0.05, 0) is 71.4 Å². The Morgan fingerprint density at radius 3 is 1.96 bits per heavy atom. The van der Waals surface area contributed by atoms with Crippen molar-refractivity contribution in [1.82, 2.24) is 0 Å². The Labute approximate surface area is 139 Å². The molecule has 3 rings (SSSR count). The summed E-state index contributed by atoms with van der Waals surface area (Å²) >= 11 is 0. The maximum Gasteiger partial charge on any atom is 0.0314 e. The number of benzene rings is 2. The first-order valence-electron chi connectivity index (χ1n) is 8.61. The molecule has 0 spiro atoms. The zero-order valence-corrected chi connectivity index (χ0v) is 14.4. The number of nitrogens with two attached hydrogens (primary N) is 2. The third-order valence-electron chi connectivity index (χ3n) is 5.67. The summed E-state index contributed by atoms with van der Waals surface area (Å²) < 4.78 is 0. The second-order valence-corrected chi connectivity index (χ2v) is 7.71. The normalized spacial score (nSPS) is 31.0. The molecular formula is C21H28N2. The minimum atomic E-state index is 0.126. The molecule has 2 nitrogen and oxygen atoms in total. The molecule has 0 aliphatic heterocycles. The Hall–Kier alpha value is -1.96. The molecule has 2 aromatic carbocycles. The Morgan fingerprint density at radius 1 is 0.870 bits per heavy atom. The van der Waals surface area contributed by atoms with Crippen LogP contribution in [-0.4, -0.2) is 0 Å². The van der Waals surface area contributed by atoms with Gasteiger partial charge in [-0.1, -0.05) is 45.0 Å². The van der Waals surface area contributed by atoms with Gasteiger partial charge >= 0.3 is 0 Å². The fraction of sp³-hybridized carbons (Fsp3) is 0.429. The van der Waals surface area contributed by atoms with Gasteiger partial charge in [0.1, 0.15) is 0 Å². The highest BCUT2D eigenvalue weighted by atomic mass is 14.6. The fourth-order valence-corrected chi connectivity index (χ4v) is 4.89. The van der Waals surface area contributed by atoms with Gasteiger partial charge in [0, 0.05) is 11.4 Å². The van der Waals surface area contributed by atoms with Crippen LogP contribution in [0.15, 0.2) is 48.5 Å². The topological polar surface area (TPSA) is 52.0 Å². The minimum absolute atomic E-state index is 0.126. The van der Waals surface area contributed by atoms with Crippen molar-refractivity contribution >= 4 is 11.4 Å². The van der Waals surface area contributed by atoms with Gasteiger partial charge in [0.25, 0.3) is 0 Å². The van der Waals surface area contributed by atoms with E-state index in [-0.39, 0.29) is 5.41 Å². The maximum atomic E-state index is 5.90. The standard InChI is InChI=1S/C21H28N2/c1-14-12-15(2)20(16-4-8-18(22)9-5-16)21(3,13-14)17-6-10-19(23)11-7-17/h4-11,14-15,20H,12-13,22-23H2,1-3H3. The number of hydrogen-bond acceptors (Lipinski definition) is 2. The van der Waals surface area contributed by atoms with E-state index in [0.29, 0.717) is 11.8 Å². The number of hydrogen-bond donors (Lipinski definition) is 2. The molecule has 23 heavy (non-hydrogen) atoms. The third kappa shape index (κ3) is 2.95. The lowest BCUT2D eigenvalue weighted by Gasteiger charge is -2.48. The van der Waals surface area contributed by atoms with Gasteiger partial charge < -0.3 is 11.5 Å². The molecule has 4 N–H and O–H groups in total. The zero-order valence-electron chi connectivity index (χ0n) is 14.4. The molecule has 1 saturated carbocycles. The van der Waals surface area contributed by atoms with Crippen molar-refractivity contribution < 1.29 is 0 Å². The van der Waals surface area contributed by atoms with Crippen LogP contribution in [0.25, 0.3) is 0 Å². The van der Waals surface area contributed by atoms with Crippen molar-refractivity contribution in [3.05, 3.63) is 59.7 Å². The van der Waals surface area contributed by atoms with Gasteiger partial charge in [-0.3, -0.25) is 0 Å². The molecule has 0 heterocycles. The summed E-state index contributed by atoms with van der Waals surface area (Å²) in [7, 11) is 0. The highest BCUT2D eigenvalue weighted by molar-refractivity contribution is 5.45. The SMILES string of the molecule is CC1CC(C)C(c2ccc(N)cc2)C(C)(c2ccc(N)cc2)C1. The maximum absolute atomic E-state index is 5.90. The molecule has 2 aromatic rings. The monoisotopic (exact) mass is 308 g/mol. The smallest absolute Gasteiger partial charge is 0.0314 e. The van der Waals surface area contributed by atoms with Crippen LogP contribution >= 0.6 is 0 Å². The first kappa shape index (κ1) is 15.9. The van der Waals surface area contributed by atoms with Crippen molar-refractivity contribution in [3.8, 4) is 0 Å². The molecule has 1 fully saturated rings. The van der Waals surface area contributed by atoms with Gasteiger partial charge in [-0.25, -0.2) is 0 Å². The largest absolute Gasteiger partial charge is 0.399 e. The highest BCUT2D eigenvalue weighted by Gasteiger charge is 2.44. The van der Waals surface area contributed by atoms with Crippen LogP contribution in [0.5, 0.6) is 0 Å². The van der Waals surface area contributed by atoms with E-state index in [2.05, 4.69) is 45.0 Å². The summed E-state index contributed by atoms with van der Waals surface area (Å²) in [6, 6.07) is 17.0. The van der Waals surface area contributed by atoms with E-state index in [4.69, 9.17) is 11.5 Å². The molecule has 122 valence electrons. The summed E-state index contributed by atoms with van der Waals surface area (Å²) in [5.74, 6) is 1.88. The fourth-order valence-electron chi connectivity index (χ4n) is 4.89. The average Bonchev–Trinajstić information content (AvgIpc) is 2.49. The van der Waals surface area contributed by atoms with E-state index in [0.717, 1.165) is 17.3 Å². The summed E-state index contributed by atoms with van der Waals surface area (Å²) in [5.41, 5.74) is 16.4. The summed E-state index contributed by atoms with van der Waals surface area (Å²) in [6.07, 6.45) is 2.48. The van der Waals surface area contributed by atoms with Gasteiger partial charge in [0.15, 0.2) is 0 Å². The van der Waals surface area contributed by atoms with Crippen molar-refractivity contribution in [2.45, 2.75) is 44.9 Å². The lowest BCUT2D eigenvalue weighted by molar-refractivity contribution is 0.155. The van der Waals surface area contributed by atoms with E-state index < -0.39 is 0 Å². The Morgan fingerprint density at radius 2 is 1.39 bits per heavy atom. The third-order valence-corrected chi connectivity index (χ3v) is 5.67. The average molecular weight is 308 g/mol. The molecule has 0 saturated heterocycles. The predicted octanol–water partition coefficient (Wildman–Crippen LogP) is 4.96. The lowest BCUT2D eigenvalue weighted by atomic mass is 9.55. The first-order valence-corrected chi connectivity index (χ1v) is 8.61. The van der Waals surface area contributed by atoms with Crippen LogP contribution in [0.1, 0.15) is 50.7 Å². The van der Waals surface area contributed by atoms with Crippen molar-refractivity contribution in [1.29, 1.82) is 0 Å². The molecular weight excluding hydrogens is 280 g/mol. The molecule has 1 aliphatic carbocycles. The van der Waals surface area contributed by atoms with Crippen molar-refractivity contribution in [2.24, 2.45) is 11.8 Å². The second kappa shape index (κ2) is 5.92. The predicted molar refractivity (Wildman–Crippen MR) is 99.4 cm³/mol. The Kier molecular flexibility index (Phi) is 4.09. The molecule has 0 amide bonds. The van der Waals surface area contributed by atoms with Gasteiger partial charge in [0.2, 0.25) is 0 Å². The molecule has 1 aliphatic rings. The van der Waals surface area contributed by atoms with Gasteiger partial charge in [-0.2, -0.15) is 0 Å². The molecule has 0 radical (unpaired) electrons. The van der Waals surface area contributed by atoms with E-state index >= 15 is 0 Å². The van der Waals surface area contributed by atoms with E-state index in [1.165, 1.54) is 24.0 Å². The molecule has 0 bridgehead atoms. The quantitative estimate of drug-likeness (QED) is 0.770. The number of anilines is 2. The molecule has 4 atom stereocenters. The van der Waals surface area contributed by atoms with Gasteiger partial charge in [-0.15, -0.1) is 0 Å². The zero-order chi connectivity index (χ0) is 16.6.